The number of imidazole rings is 1. The van der Waals surface area contributed by atoms with E-state index >= 15 is 0 Å². The number of hydrogen-bond acceptors (Lipinski definition) is 5. The van der Waals surface area contributed by atoms with Crippen molar-refractivity contribution in [3.8, 4) is 5.75 Å². The molecule has 1 saturated heterocycles. The Bertz CT molecular complexity index is 1060. The molecule has 6 nitrogen and oxygen atoms in total. The molecule has 0 saturated carbocycles. The van der Waals surface area contributed by atoms with E-state index in [1.807, 2.05) is 24.3 Å². The summed E-state index contributed by atoms with van der Waals surface area (Å²) < 4.78 is 50.8. The van der Waals surface area contributed by atoms with E-state index in [1.54, 1.807) is 25.3 Å². The second-order valence-corrected chi connectivity index (χ2v) is 7.63. The normalized spacial score (nSPS) is 22.4. The van der Waals surface area contributed by atoms with Crippen LogP contribution in [0.25, 0.3) is 11.0 Å². The number of para-hydroxylation sites is 2. The molecule has 0 radical (unpaired) electrons. The zero-order valence-corrected chi connectivity index (χ0v) is 16.2. The summed E-state index contributed by atoms with van der Waals surface area (Å²) in [7, 11) is 1.70. The molecule has 2 aliphatic heterocycles. The Morgan fingerprint density at radius 3 is 2.73 bits per heavy atom. The standard InChI is InChI=1S/C21H21F3N4O2/c1-29-12-9-28(10-12)16-11-30-17-8-3-2-5-13(17)18(16)25-14-6-4-7-15-19(14)27-20(26-15)21(22,23)24/h2-8,12,16,18,25H,9-11H2,1H3,(H,26,27). The van der Waals surface area contributed by atoms with Crippen LogP contribution in [0.3, 0.4) is 0 Å². The fourth-order valence-electron chi connectivity index (χ4n) is 4.18. The number of H-pyrrole nitrogens is 1. The molecule has 2 unspecified atom stereocenters. The van der Waals surface area contributed by atoms with E-state index in [4.69, 9.17) is 9.47 Å². The van der Waals surface area contributed by atoms with Crippen molar-refractivity contribution in [2.45, 2.75) is 24.4 Å². The largest absolute Gasteiger partial charge is 0.491 e. The van der Waals surface area contributed by atoms with Crippen LogP contribution in [-0.4, -0.2) is 53.8 Å². The van der Waals surface area contributed by atoms with Crippen LogP contribution in [0.2, 0.25) is 0 Å². The Hall–Kier alpha value is -2.78. The van der Waals surface area contributed by atoms with Crippen LogP contribution in [0.4, 0.5) is 18.9 Å². The minimum Gasteiger partial charge on any atom is -0.491 e. The molecule has 0 spiro atoms. The number of alkyl halides is 3. The predicted molar refractivity (Wildman–Crippen MR) is 106 cm³/mol. The third-order valence-corrected chi connectivity index (χ3v) is 5.82. The maximum atomic E-state index is 13.2. The lowest BCUT2D eigenvalue weighted by atomic mass is 9.92. The van der Waals surface area contributed by atoms with Crippen LogP contribution in [0.15, 0.2) is 42.5 Å². The number of nitrogens with one attached hydrogen (secondary N) is 2. The van der Waals surface area contributed by atoms with Crippen molar-refractivity contribution < 1.29 is 22.6 Å². The highest BCUT2D eigenvalue weighted by molar-refractivity contribution is 5.88. The minimum atomic E-state index is -4.53. The van der Waals surface area contributed by atoms with Gasteiger partial charge in [-0.3, -0.25) is 4.90 Å². The number of fused-ring (bicyclic) bond motifs is 2. The smallest absolute Gasteiger partial charge is 0.449 e. The Morgan fingerprint density at radius 2 is 1.97 bits per heavy atom. The fourth-order valence-corrected chi connectivity index (χ4v) is 4.18. The quantitative estimate of drug-likeness (QED) is 0.675. The van der Waals surface area contributed by atoms with Crippen LogP contribution in [0.5, 0.6) is 5.75 Å². The lowest BCUT2D eigenvalue weighted by Crippen LogP contribution is -2.60. The fraction of sp³-hybridized carbons (Fsp3) is 0.381. The first-order chi connectivity index (χ1) is 14.4. The Kier molecular flexibility index (Phi) is 4.59. The molecule has 30 heavy (non-hydrogen) atoms. The first-order valence-corrected chi connectivity index (χ1v) is 9.75. The number of aromatic nitrogens is 2. The number of likely N-dealkylation sites (tertiary alicyclic amines) is 1. The molecular formula is C21H21F3N4O2. The Morgan fingerprint density at radius 1 is 1.17 bits per heavy atom. The SMILES string of the molecule is COC1CN(C2COc3ccccc3C2Nc2cccc3[nH]c(C(F)(F)F)nc23)C1. The predicted octanol–water partition coefficient (Wildman–Crippen LogP) is 3.83. The lowest BCUT2D eigenvalue weighted by Gasteiger charge is -2.48. The van der Waals surface area contributed by atoms with E-state index in [-0.39, 0.29) is 23.7 Å². The molecule has 1 fully saturated rings. The van der Waals surface area contributed by atoms with Gasteiger partial charge in [0.2, 0.25) is 5.82 Å². The molecule has 2 aromatic carbocycles. The summed E-state index contributed by atoms with van der Waals surface area (Å²) in [6, 6.07) is 12.7. The van der Waals surface area contributed by atoms with Gasteiger partial charge in [-0.2, -0.15) is 13.2 Å². The molecule has 2 aliphatic rings. The average molecular weight is 418 g/mol. The highest BCUT2D eigenvalue weighted by Gasteiger charge is 2.41. The van der Waals surface area contributed by atoms with Crippen LogP contribution < -0.4 is 10.1 Å². The van der Waals surface area contributed by atoms with Gasteiger partial charge < -0.3 is 19.8 Å². The Balaban J connectivity index is 1.51. The van der Waals surface area contributed by atoms with Crippen molar-refractivity contribution >= 4 is 16.7 Å². The second-order valence-electron chi connectivity index (χ2n) is 7.63. The van der Waals surface area contributed by atoms with Gasteiger partial charge in [0, 0.05) is 25.8 Å². The lowest BCUT2D eigenvalue weighted by molar-refractivity contribution is -0.144. The van der Waals surface area contributed by atoms with E-state index in [1.165, 1.54) is 0 Å². The number of anilines is 1. The average Bonchev–Trinajstić information content (AvgIpc) is 3.14. The first-order valence-electron chi connectivity index (χ1n) is 9.75. The van der Waals surface area contributed by atoms with Crippen molar-refractivity contribution in [1.82, 2.24) is 14.9 Å². The molecule has 158 valence electrons. The molecule has 5 rings (SSSR count). The molecular weight excluding hydrogens is 397 g/mol. The summed E-state index contributed by atoms with van der Waals surface area (Å²) in [5.41, 5.74) is 2.13. The summed E-state index contributed by atoms with van der Waals surface area (Å²) in [6.45, 7) is 2.06. The molecule has 3 heterocycles. The number of halogens is 3. The highest BCUT2D eigenvalue weighted by atomic mass is 19.4. The van der Waals surface area contributed by atoms with E-state index in [0.717, 1.165) is 24.4 Å². The molecule has 0 amide bonds. The number of aromatic amines is 1. The van der Waals surface area contributed by atoms with E-state index < -0.39 is 12.0 Å². The van der Waals surface area contributed by atoms with Crippen LogP contribution in [0.1, 0.15) is 17.4 Å². The number of hydrogen-bond donors (Lipinski definition) is 2. The summed E-state index contributed by atoms with van der Waals surface area (Å²) in [4.78, 5) is 8.47. The summed E-state index contributed by atoms with van der Waals surface area (Å²) >= 11 is 0. The third kappa shape index (κ3) is 3.27. The molecule has 9 heteroatoms. The van der Waals surface area contributed by atoms with Gasteiger partial charge in [-0.05, 0) is 18.2 Å². The van der Waals surface area contributed by atoms with Gasteiger partial charge in [-0.15, -0.1) is 0 Å². The maximum Gasteiger partial charge on any atom is 0.449 e. The van der Waals surface area contributed by atoms with Gasteiger partial charge in [0.15, 0.2) is 0 Å². The van der Waals surface area contributed by atoms with Crippen LogP contribution in [0, 0.1) is 0 Å². The van der Waals surface area contributed by atoms with Gasteiger partial charge in [-0.1, -0.05) is 24.3 Å². The van der Waals surface area contributed by atoms with Gasteiger partial charge >= 0.3 is 6.18 Å². The zero-order valence-electron chi connectivity index (χ0n) is 16.2. The maximum absolute atomic E-state index is 13.2. The number of benzene rings is 2. The highest BCUT2D eigenvalue weighted by Crippen LogP contribution is 2.39. The van der Waals surface area contributed by atoms with Gasteiger partial charge in [0.1, 0.15) is 17.9 Å². The van der Waals surface area contributed by atoms with Gasteiger partial charge in [-0.25, -0.2) is 4.98 Å². The van der Waals surface area contributed by atoms with Crippen molar-refractivity contribution in [3.05, 3.63) is 53.9 Å². The van der Waals surface area contributed by atoms with Crippen LogP contribution in [-0.2, 0) is 10.9 Å². The monoisotopic (exact) mass is 418 g/mol. The van der Waals surface area contributed by atoms with E-state index in [2.05, 4.69) is 20.2 Å². The summed E-state index contributed by atoms with van der Waals surface area (Å²) in [6.07, 6.45) is -4.34. The topological polar surface area (TPSA) is 62.4 Å². The van der Waals surface area contributed by atoms with Crippen molar-refractivity contribution in [3.63, 3.8) is 0 Å². The van der Waals surface area contributed by atoms with Gasteiger partial charge in [0.05, 0.1) is 29.4 Å². The van der Waals surface area contributed by atoms with E-state index in [0.29, 0.717) is 17.8 Å². The number of nitrogens with zero attached hydrogens (tertiary/aromatic N) is 2. The molecule has 3 aromatic rings. The van der Waals surface area contributed by atoms with Crippen molar-refractivity contribution in [2.75, 3.05) is 32.1 Å². The second kappa shape index (κ2) is 7.17. The summed E-state index contributed by atoms with van der Waals surface area (Å²) in [5, 5.41) is 3.46. The zero-order chi connectivity index (χ0) is 20.9. The molecule has 0 aliphatic carbocycles. The number of methoxy groups -OCH3 is 1. The third-order valence-electron chi connectivity index (χ3n) is 5.82. The van der Waals surface area contributed by atoms with E-state index in [9.17, 15) is 13.2 Å². The van der Waals surface area contributed by atoms with Gasteiger partial charge in [0.25, 0.3) is 0 Å². The number of ether oxygens (including phenoxy) is 2. The first kappa shape index (κ1) is 19.2. The van der Waals surface area contributed by atoms with Crippen LogP contribution >= 0.6 is 0 Å². The number of rotatable bonds is 4. The molecule has 2 N–H and O–H groups in total. The molecule has 0 bridgehead atoms. The molecule has 2 atom stereocenters. The van der Waals surface area contributed by atoms with Crippen molar-refractivity contribution in [2.24, 2.45) is 0 Å². The minimum absolute atomic E-state index is 0.0163. The summed E-state index contributed by atoms with van der Waals surface area (Å²) in [5.74, 6) is -0.221. The van der Waals surface area contributed by atoms with Crippen molar-refractivity contribution in [1.29, 1.82) is 0 Å². The molecule has 1 aromatic heterocycles. The Labute approximate surface area is 171 Å².